The van der Waals surface area contributed by atoms with Gasteiger partial charge in [0.1, 0.15) is 34.5 Å². The van der Waals surface area contributed by atoms with Crippen molar-refractivity contribution in [1.82, 2.24) is 0 Å². The fourth-order valence-electron chi connectivity index (χ4n) is 10.9. The molecule has 0 spiro atoms. The summed E-state index contributed by atoms with van der Waals surface area (Å²) >= 11 is 0. The van der Waals surface area contributed by atoms with Gasteiger partial charge in [-0.15, -0.1) is 0 Å². The van der Waals surface area contributed by atoms with Crippen LogP contribution in [-0.4, -0.2) is 75.7 Å². The van der Waals surface area contributed by atoms with Crippen LogP contribution in [-0.2, 0) is 19.0 Å². The molecular formula is C73H64O13. The van der Waals surface area contributed by atoms with E-state index in [1.165, 1.54) is 55.3 Å². The Bertz CT molecular complexity index is 3900. The van der Waals surface area contributed by atoms with Crippen LogP contribution in [0.2, 0.25) is 0 Å². The molecule has 9 aromatic rings. The third-order valence-corrected chi connectivity index (χ3v) is 16.2. The largest absolute Gasteiger partial charge is 0.494 e. The highest BCUT2D eigenvalue weighted by atomic mass is 16.6. The molecule has 0 bridgehead atoms. The van der Waals surface area contributed by atoms with E-state index in [0.29, 0.717) is 61.2 Å². The van der Waals surface area contributed by atoms with E-state index in [2.05, 4.69) is 6.92 Å². The maximum Gasteiger partial charge on any atom is 0.343 e. The Morgan fingerprint density at radius 2 is 1.02 bits per heavy atom. The second kappa shape index (κ2) is 26.3. The molecular weight excluding hydrogens is 1080 g/mol. The van der Waals surface area contributed by atoms with E-state index in [0.717, 1.165) is 88.6 Å². The van der Waals surface area contributed by atoms with Gasteiger partial charge in [-0.3, -0.25) is 0 Å². The normalized spacial score (nSPS) is 16.6. The molecule has 0 amide bonds. The summed E-state index contributed by atoms with van der Waals surface area (Å²) in [5.41, 5.74) is 4.61. The van der Waals surface area contributed by atoms with Crippen LogP contribution in [0.15, 0.2) is 200 Å². The standard InChI is InChI=1S/C73H64O13/c1-2-73(45-79-46-73)47-81-58-29-13-48(14-30-58)16-40-67(74)82-59-33-23-55(24-34-59)71(76)85-64-38-27-52-9-3-5-11-61(52)68(64)69-62-12-6-4-10-53(62)28-39-65(69)86-72(77)56-25-35-60(36-26-56)83-70(75)54-19-17-50(18-20-54)51-21-31-57(32-22-51)80-42-8-7-41-78-44-49-15-37-63-66(43-49)84-63/h3-6,9-14,16-36,38-40,49,63,66H,2,7-8,15,37,41-47H2,1H3/b40-16+. The van der Waals surface area contributed by atoms with Gasteiger partial charge in [0, 0.05) is 30.4 Å². The lowest BCUT2D eigenvalue weighted by atomic mass is 9.84. The van der Waals surface area contributed by atoms with Crippen molar-refractivity contribution in [2.45, 2.75) is 57.7 Å². The Kier molecular flexibility index (Phi) is 17.4. The first-order valence-electron chi connectivity index (χ1n) is 29.3. The fraction of sp³-hybridized carbons (Fsp3) is 0.233. The molecule has 1 aliphatic carbocycles. The van der Waals surface area contributed by atoms with Crippen LogP contribution >= 0.6 is 0 Å². The average Bonchev–Trinajstić information content (AvgIpc) is 1.88. The van der Waals surface area contributed by atoms with Crippen molar-refractivity contribution in [2.75, 3.05) is 39.6 Å². The number of ether oxygens (including phenoxy) is 9. The lowest BCUT2D eigenvalue weighted by Gasteiger charge is -2.40. The molecule has 0 N–H and O–H groups in total. The van der Waals surface area contributed by atoms with E-state index in [4.69, 9.17) is 42.6 Å². The van der Waals surface area contributed by atoms with Crippen LogP contribution in [0.1, 0.15) is 82.1 Å². The summed E-state index contributed by atoms with van der Waals surface area (Å²) in [6.07, 6.45) is 10.3. The molecule has 3 aliphatic rings. The number of hydrogen-bond donors (Lipinski definition) is 0. The topological polar surface area (TPSA) is 155 Å². The van der Waals surface area contributed by atoms with Crippen LogP contribution < -0.4 is 28.4 Å². The van der Waals surface area contributed by atoms with Crippen LogP contribution in [0.3, 0.4) is 0 Å². The van der Waals surface area contributed by atoms with E-state index in [-0.39, 0.29) is 39.5 Å². The van der Waals surface area contributed by atoms with Crippen molar-refractivity contribution in [3.05, 3.63) is 222 Å². The third-order valence-electron chi connectivity index (χ3n) is 16.2. The van der Waals surface area contributed by atoms with E-state index in [9.17, 15) is 19.2 Å². The highest BCUT2D eigenvalue weighted by molar-refractivity contribution is 6.11. The minimum atomic E-state index is -0.665. The number of benzene rings is 9. The average molecular weight is 1150 g/mol. The number of esters is 4. The molecule has 12 rings (SSSR count). The minimum Gasteiger partial charge on any atom is -0.494 e. The van der Waals surface area contributed by atoms with Gasteiger partial charge in [0.15, 0.2) is 0 Å². The van der Waals surface area contributed by atoms with Gasteiger partial charge in [0.25, 0.3) is 0 Å². The zero-order valence-corrected chi connectivity index (χ0v) is 47.7. The van der Waals surface area contributed by atoms with Gasteiger partial charge < -0.3 is 42.6 Å². The van der Waals surface area contributed by atoms with Crippen LogP contribution in [0.4, 0.5) is 0 Å². The summed E-state index contributed by atoms with van der Waals surface area (Å²) < 4.78 is 52.7. The molecule has 9 aromatic carbocycles. The Balaban J connectivity index is 0.664. The number of carbonyl (C=O) groups is 4. The van der Waals surface area contributed by atoms with E-state index >= 15 is 0 Å². The molecule has 86 heavy (non-hydrogen) atoms. The molecule has 13 heteroatoms. The van der Waals surface area contributed by atoms with E-state index in [1.807, 2.05) is 121 Å². The Labute approximate surface area is 498 Å². The van der Waals surface area contributed by atoms with Crippen molar-refractivity contribution >= 4 is 51.5 Å². The number of rotatable bonds is 23. The SMILES string of the molecule is CCC1(COc2ccc(/C=C/C(=O)Oc3ccc(C(=O)Oc4ccc5ccccc5c4-c4c(OC(=O)c5ccc(OC(=O)c6ccc(-c7ccc(OCCCCOCC8CCC9OC9C8)cc7)cc6)cc5)ccc5ccccc45)cc3)cc2)COC1. The monoisotopic (exact) mass is 1150 g/mol. The Hall–Kier alpha value is -9.40. The first kappa shape index (κ1) is 57.1. The number of unbranched alkanes of at least 4 members (excludes halogenated alkanes) is 1. The molecule has 0 radical (unpaired) electrons. The molecule has 434 valence electrons. The van der Waals surface area contributed by atoms with Gasteiger partial charge in [0.05, 0.1) is 60.7 Å². The fourth-order valence-corrected chi connectivity index (χ4v) is 10.9. The molecule has 0 aromatic heterocycles. The van der Waals surface area contributed by atoms with Crippen molar-refractivity contribution in [3.8, 4) is 56.8 Å². The second-order valence-electron chi connectivity index (χ2n) is 22.1. The van der Waals surface area contributed by atoms with Crippen molar-refractivity contribution < 1.29 is 61.8 Å². The summed E-state index contributed by atoms with van der Waals surface area (Å²) in [5.74, 6) is 0.609. The first-order chi connectivity index (χ1) is 42.1. The van der Waals surface area contributed by atoms with Crippen LogP contribution in [0.5, 0.6) is 34.5 Å². The van der Waals surface area contributed by atoms with Crippen molar-refractivity contribution in [2.24, 2.45) is 11.3 Å². The summed E-state index contributed by atoms with van der Waals surface area (Å²) in [6.45, 7) is 6.31. The number of hydrogen-bond acceptors (Lipinski definition) is 13. The molecule has 1 saturated carbocycles. The second-order valence-corrected chi connectivity index (χ2v) is 22.1. The van der Waals surface area contributed by atoms with Crippen LogP contribution in [0.25, 0.3) is 49.9 Å². The summed E-state index contributed by atoms with van der Waals surface area (Å²) in [4.78, 5) is 54.3. The van der Waals surface area contributed by atoms with E-state index in [1.54, 1.807) is 42.5 Å². The smallest absolute Gasteiger partial charge is 0.343 e. The van der Waals surface area contributed by atoms with Gasteiger partial charge >= 0.3 is 23.9 Å². The molecule has 3 atom stereocenters. The highest BCUT2D eigenvalue weighted by Gasteiger charge is 2.43. The maximum atomic E-state index is 14.1. The molecule has 3 fully saturated rings. The van der Waals surface area contributed by atoms with E-state index < -0.39 is 23.9 Å². The lowest BCUT2D eigenvalue weighted by Crippen LogP contribution is -2.46. The summed E-state index contributed by atoms with van der Waals surface area (Å²) in [5, 5.41) is 3.21. The van der Waals surface area contributed by atoms with Crippen molar-refractivity contribution in [1.29, 1.82) is 0 Å². The predicted octanol–water partition coefficient (Wildman–Crippen LogP) is 15.2. The van der Waals surface area contributed by atoms with Gasteiger partial charge in [0.2, 0.25) is 0 Å². The predicted molar refractivity (Wildman–Crippen MR) is 328 cm³/mol. The maximum absolute atomic E-state index is 14.1. The molecule has 2 aliphatic heterocycles. The van der Waals surface area contributed by atoms with Gasteiger partial charge in [-0.05, 0) is 186 Å². The summed E-state index contributed by atoms with van der Waals surface area (Å²) in [6, 6.07) is 57.3. The van der Waals surface area contributed by atoms with Gasteiger partial charge in [-0.25, -0.2) is 19.2 Å². The molecule has 13 nitrogen and oxygen atoms in total. The summed E-state index contributed by atoms with van der Waals surface area (Å²) in [7, 11) is 0. The molecule has 3 unspecified atom stereocenters. The quantitative estimate of drug-likeness (QED) is 0.0196. The third kappa shape index (κ3) is 13.7. The number of epoxide rings is 1. The zero-order chi connectivity index (χ0) is 58.8. The number of carbonyl (C=O) groups excluding carboxylic acids is 4. The molecule has 2 heterocycles. The first-order valence-corrected chi connectivity index (χ1v) is 29.3. The Morgan fingerprint density at radius 3 is 1.59 bits per heavy atom. The zero-order valence-electron chi connectivity index (χ0n) is 47.7. The highest BCUT2D eigenvalue weighted by Crippen LogP contribution is 2.46. The number of fused-ring (bicyclic) bond motifs is 3. The minimum absolute atomic E-state index is 0.0686. The Morgan fingerprint density at radius 1 is 0.512 bits per heavy atom. The van der Waals surface area contributed by atoms with Crippen LogP contribution in [0, 0.1) is 11.3 Å². The van der Waals surface area contributed by atoms with Crippen molar-refractivity contribution in [3.63, 3.8) is 0 Å². The van der Waals surface area contributed by atoms with Gasteiger partial charge in [-0.1, -0.05) is 104 Å². The molecule has 2 saturated heterocycles. The van der Waals surface area contributed by atoms with Gasteiger partial charge in [-0.2, -0.15) is 0 Å². The lowest BCUT2D eigenvalue weighted by molar-refractivity contribution is -0.133.